The van der Waals surface area contributed by atoms with Crippen molar-refractivity contribution in [1.29, 1.82) is 5.26 Å². The van der Waals surface area contributed by atoms with Crippen LogP contribution in [0.25, 0.3) is 5.69 Å². The molecule has 0 spiro atoms. The van der Waals surface area contributed by atoms with Gasteiger partial charge in [-0.15, -0.1) is 24.0 Å². The quantitative estimate of drug-likeness (QED) is 0.230. The molecule has 1 aromatic heterocycles. The van der Waals surface area contributed by atoms with Crippen LogP contribution in [0.3, 0.4) is 0 Å². The number of nitrogens with zero attached hydrogens (tertiary/aromatic N) is 4. The molecule has 0 atom stereocenters. The molecular formula is C18H25FIN7. The Labute approximate surface area is 175 Å². The number of guanidine groups is 1. The minimum Gasteiger partial charge on any atom is -0.382 e. The monoisotopic (exact) mass is 485 g/mol. The molecule has 1 aromatic carbocycles. The van der Waals surface area contributed by atoms with E-state index in [0.29, 0.717) is 42.3 Å². The van der Waals surface area contributed by atoms with Gasteiger partial charge >= 0.3 is 0 Å². The second-order valence-electron chi connectivity index (χ2n) is 5.86. The molecule has 2 rings (SSSR count). The summed E-state index contributed by atoms with van der Waals surface area (Å²) in [6.45, 7) is 3.45. The van der Waals surface area contributed by atoms with Crippen LogP contribution in [0.15, 0.2) is 29.3 Å². The van der Waals surface area contributed by atoms with Gasteiger partial charge in [0.25, 0.3) is 0 Å². The molecule has 0 aliphatic rings. The Morgan fingerprint density at radius 3 is 2.67 bits per heavy atom. The van der Waals surface area contributed by atoms with Crippen LogP contribution in [0.2, 0.25) is 0 Å². The predicted molar refractivity (Wildman–Crippen MR) is 116 cm³/mol. The number of aliphatic imine (C=N–C) groups is 1. The lowest BCUT2D eigenvalue weighted by Crippen LogP contribution is -2.32. The number of nitrogen functional groups attached to an aromatic ring is 1. The normalized spacial score (nSPS) is 10.9. The molecule has 0 aliphatic carbocycles. The van der Waals surface area contributed by atoms with Gasteiger partial charge < -0.3 is 16.8 Å². The van der Waals surface area contributed by atoms with E-state index >= 15 is 0 Å². The molecule has 27 heavy (non-hydrogen) atoms. The number of hydrogen-bond donors (Lipinski definition) is 3. The maximum atomic E-state index is 13.1. The van der Waals surface area contributed by atoms with Crippen molar-refractivity contribution in [2.24, 2.45) is 10.7 Å². The maximum Gasteiger partial charge on any atom is 0.188 e. The number of halogens is 2. The third-order valence-electron chi connectivity index (χ3n) is 3.87. The summed E-state index contributed by atoms with van der Waals surface area (Å²) in [6, 6.07) is 7.88. The van der Waals surface area contributed by atoms with Gasteiger partial charge in [-0.05, 0) is 43.5 Å². The van der Waals surface area contributed by atoms with Gasteiger partial charge in [0.05, 0.1) is 11.4 Å². The Morgan fingerprint density at radius 1 is 1.33 bits per heavy atom. The molecule has 0 aliphatic heterocycles. The van der Waals surface area contributed by atoms with Crippen molar-refractivity contribution in [3.05, 3.63) is 41.3 Å². The van der Waals surface area contributed by atoms with Gasteiger partial charge in [0.2, 0.25) is 0 Å². The summed E-state index contributed by atoms with van der Waals surface area (Å²) in [7, 11) is 0. The summed E-state index contributed by atoms with van der Waals surface area (Å²) >= 11 is 0. The van der Waals surface area contributed by atoms with Gasteiger partial charge in [0.1, 0.15) is 23.3 Å². The zero-order chi connectivity index (χ0) is 18.9. The smallest absolute Gasteiger partial charge is 0.188 e. The average molecular weight is 485 g/mol. The zero-order valence-electron chi connectivity index (χ0n) is 15.3. The van der Waals surface area contributed by atoms with E-state index in [1.165, 1.54) is 16.8 Å². The molecule has 146 valence electrons. The predicted octanol–water partition coefficient (Wildman–Crippen LogP) is 2.72. The molecule has 7 nitrogen and oxygen atoms in total. The highest BCUT2D eigenvalue weighted by atomic mass is 127. The Kier molecular flexibility index (Phi) is 9.56. The molecule has 1 heterocycles. The molecule has 0 fully saturated rings. The van der Waals surface area contributed by atoms with Crippen molar-refractivity contribution >= 4 is 35.8 Å². The van der Waals surface area contributed by atoms with Crippen LogP contribution in [-0.4, -0.2) is 28.8 Å². The number of nitriles is 1. The largest absolute Gasteiger partial charge is 0.382 e. The van der Waals surface area contributed by atoms with Gasteiger partial charge in [-0.25, -0.2) is 9.07 Å². The Balaban J connectivity index is 0.00000364. The van der Waals surface area contributed by atoms with Gasteiger partial charge in [0, 0.05) is 13.1 Å². The first-order valence-corrected chi connectivity index (χ1v) is 8.64. The summed E-state index contributed by atoms with van der Waals surface area (Å²) in [4.78, 5) is 4.26. The van der Waals surface area contributed by atoms with E-state index in [-0.39, 0.29) is 35.6 Å². The van der Waals surface area contributed by atoms with Crippen LogP contribution < -0.4 is 16.8 Å². The SMILES string of the molecule is CCCCNC(N)=NCCCc1nn(-c2ccc(F)cc2)c(N)c1C#N.I. The van der Waals surface area contributed by atoms with Crippen molar-refractivity contribution < 1.29 is 4.39 Å². The van der Waals surface area contributed by atoms with Crippen LogP contribution in [0.5, 0.6) is 0 Å². The molecule has 0 amide bonds. The van der Waals surface area contributed by atoms with Gasteiger partial charge in [0.15, 0.2) is 5.96 Å². The number of nitrogens with two attached hydrogens (primary N) is 2. The van der Waals surface area contributed by atoms with Crippen molar-refractivity contribution in [2.45, 2.75) is 32.6 Å². The first-order chi connectivity index (χ1) is 12.6. The fourth-order valence-corrected chi connectivity index (χ4v) is 2.45. The lowest BCUT2D eigenvalue weighted by Gasteiger charge is -2.04. The molecule has 0 saturated heterocycles. The van der Waals surface area contributed by atoms with E-state index in [4.69, 9.17) is 11.5 Å². The highest BCUT2D eigenvalue weighted by molar-refractivity contribution is 14.0. The van der Waals surface area contributed by atoms with E-state index in [9.17, 15) is 9.65 Å². The Hall–Kier alpha value is -2.35. The maximum absolute atomic E-state index is 13.1. The summed E-state index contributed by atoms with van der Waals surface area (Å²) in [6.07, 6.45) is 3.37. The van der Waals surface area contributed by atoms with Crippen LogP contribution >= 0.6 is 24.0 Å². The summed E-state index contributed by atoms with van der Waals surface area (Å²) in [5.41, 5.74) is 13.4. The topological polar surface area (TPSA) is 118 Å². The van der Waals surface area contributed by atoms with Crippen LogP contribution in [-0.2, 0) is 6.42 Å². The van der Waals surface area contributed by atoms with E-state index in [1.54, 1.807) is 12.1 Å². The minimum absolute atomic E-state index is 0. The second kappa shape index (κ2) is 11.4. The number of aromatic nitrogens is 2. The van der Waals surface area contributed by atoms with Gasteiger partial charge in [-0.3, -0.25) is 4.99 Å². The molecule has 9 heteroatoms. The number of nitrogens with one attached hydrogen (secondary N) is 1. The Bertz CT molecular complexity index is 793. The number of hydrogen-bond acceptors (Lipinski definition) is 4. The lowest BCUT2D eigenvalue weighted by molar-refractivity contribution is 0.627. The summed E-state index contributed by atoms with van der Waals surface area (Å²) in [5, 5.41) is 16.8. The molecule has 5 N–H and O–H groups in total. The first-order valence-electron chi connectivity index (χ1n) is 8.64. The Morgan fingerprint density at radius 2 is 2.04 bits per heavy atom. The molecular weight excluding hydrogens is 460 g/mol. The molecule has 0 unspecified atom stereocenters. The van der Waals surface area contributed by atoms with Crippen molar-refractivity contribution in [2.75, 3.05) is 18.8 Å². The van der Waals surface area contributed by atoms with Crippen molar-refractivity contribution in [3.8, 4) is 11.8 Å². The van der Waals surface area contributed by atoms with E-state index in [2.05, 4.69) is 28.4 Å². The van der Waals surface area contributed by atoms with E-state index in [1.807, 2.05) is 0 Å². The van der Waals surface area contributed by atoms with Crippen LogP contribution in [0.4, 0.5) is 10.2 Å². The lowest BCUT2D eigenvalue weighted by atomic mass is 10.1. The number of aryl methyl sites for hydroxylation is 1. The van der Waals surface area contributed by atoms with Gasteiger partial charge in [-0.1, -0.05) is 13.3 Å². The summed E-state index contributed by atoms with van der Waals surface area (Å²) in [5.74, 6) is 0.330. The molecule has 2 aromatic rings. The third-order valence-corrected chi connectivity index (χ3v) is 3.87. The number of anilines is 1. The van der Waals surface area contributed by atoms with Crippen molar-refractivity contribution in [3.63, 3.8) is 0 Å². The number of benzene rings is 1. The van der Waals surface area contributed by atoms with Crippen molar-refractivity contribution in [1.82, 2.24) is 15.1 Å². The highest BCUT2D eigenvalue weighted by Gasteiger charge is 2.16. The standard InChI is InChI=1S/C18H24FN7.HI/c1-2-3-10-23-18(22)24-11-4-5-16-15(12-20)17(21)26(25-16)14-8-6-13(19)7-9-14;/h6-9H,2-5,10-11,21H2,1H3,(H3,22,23,24);1H. The van der Waals surface area contributed by atoms with E-state index < -0.39 is 0 Å². The fraction of sp³-hybridized carbons (Fsp3) is 0.389. The zero-order valence-corrected chi connectivity index (χ0v) is 17.6. The number of unbranched alkanes of at least 4 members (excludes halogenated alkanes) is 1. The second-order valence-corrected chi connectivity index (χ2v) is 5.86. The van der Waals surface area contributed by atoms with E-state index in [0.717, 1.165) is 19.4 Å². The molecule has 0 radical (unpaired) electrons. The average Bonchev–Trinajstić information content (AvgIpc) is 2.95. The molecule has 0 saturated carbocycles. The highest BCUT2D eigenvalue weighted by Crippen LogP contribution is 2.21. The third kappa shape index (κ3) is 6.39. The molecule has 0 bridgehead atoms. The fourth-order valence-electron chi connectivity index (χ4n) is 2.45. The minimum atomic E-state index is -0.344. The first kappa shape index (κ1) is 22.7. The van der Waals surface area contributed by atoms with Crippen LogP contribution in [0, 0.1) is 17.1 Å². The van der Waals surface area contributed by atoms with Gasteiger partial charge in [-0.2, -0.15) is 10.4 Å². The summed E-state index contributed by atoms with van der Waals surface area (Å²) < 4.78 is 14.5. The number of rotatable bonds is 8. The van der Waals surface area contributed by atoms with Crippen LogP contribution in [0.1, 0.15) is 37.4 Å².